The zero-order valence-corrected chi connectivity index (χ0v) is 25.1. The third-order valence-corrected chi connectivity index (χ3v) is 8.65. The monoisotopic (exact) mass is 627 g/mol. The van der Waals surface area contributed by atoms with Crippen molar-refractivity contribution in [3.8, 4) is 39.5 Å². The first-order valence-corrected chi connectivity index (χ1v) is 15.1. The third-order valence-electron chi connectivity index (χ3n) is 7.72. The second-order valence-electron chi connectivity index (χ2n) is 11.0. The number of halogens is 2. The van der Waals surface area contributed by atoms with E-state index < -0.39 is 17.7 Å². The summed E-state index contributed by atoms with van der Waals surface area (Å²) in [4.78, 5) is 19.3. The van der Waals surface area contributed by atoms with Crippen LogP contribution in [0, 0.1) is 11.6 Å². The molecule has 13 heteroatoms. The highest BCUT2D eigenvalue weighted by atomic mass is 32.1. The zero-order chi connectivity index (χ0) is 31.4. The summed E-state index contributed by atoms with van der Waals surface area (Å²) in [6.45, 7) is 7.68. The number of fused-ring (bicyclic) bond motifs is 3. The molecule has 1 amide bonds. The average Bonchev–Trinajstić information content (AvgIpc) is 3.78. The van der Waals surface area contributed by atoms with Crippen molar-refractivity contribution < 1.29 is 23.4 Å². The topological polar surface area (TPSA) is 111 Å². The van der Waals surface area contributed by atoms with E-state index in [1.165, 1.54) is 24.3 Å². The molecule has 1 aliphatic rings. The second kappa shape index (κ2) is 11.2. The van der Waals surface area contributed by atoms with Crippen molar-refractivity contribution in [2.75, 3.05) is 13.2 Å². The number of amides is 1. The average molecular weight is 628 g/mol. The molecule has 228 valence electrons. The molecule has 6 aromatic rings. The van der Waals surface area contributed by atoms with Crippen LogP contribution >= 0.6 is 11.3 Å². The predicted molar refractivity (Wildman–Crippen MR) is 166 cm³/mol. The number of hydrogen-bond acceptors (Lipinski definition) is 8. The molecule has 0 aliphatic carbocycles. The lowest BCUT2D eigenvalue weighted by Crippen LogP contribution is -2.39. The summed E-state index contributed by atoms with van der Waals surface area (Å²) in [6.07, 6.45) is 3.88. The van der Waals surface area contributed by atoms with E-state index >= 15 is 4.39 Å². The number of carbonyl (C=O) groups is 1. The summed E-state index contributed by atoms with van der Waals surface area (Å²) in [5.74, 6) is -1.91. The number of aliphatic hydroxyl groups is 1. The minimum Gasteiger partial charge on any atom is -0.490 e. The number of benzene rings is 1. The number of aliphatic hydroxyl groups excluding tert-OH is 1. The predicted octanol–water partition coefficient (Wildman–Crippen LogP) is 5.66. The van der Waals surface area contributed by atoms with Crippen molar-refractivity contribution in [2.24, 2.45) is 0 Å². The van der Waals surface area contributed by atoms with Crippen LogP contribution in [0.5, 0.6) is 5.75 Å². The van der Waals surface area contributed by atoms with Crippen LogP contribution in [0.3, 0.4) is 0 Å². The smallest absolute Gasteiger partial charge is 0.246 e. The molecule has 2 unspecified atom stereocenters. The molecule has 2 atom stereocenters. The highest BCUT2D eigenvalue weighted by Gasteiger charge is 2.30. The van der Waals surface area contributed by atoms with Gasteiger partial charge in [0.25, 0.3) is 0 Å². The number of carbonyl (C=O) groups excluding carboxylic acids is 1. The fraction of sp³-hybridized carbons (Fsp3) is 0.219. The van der Waals surface area contributed by atoms with Crippen LogP contribution in [0.25, 0.3) is 49.5 Å². The molecule has 0 saturated heterocycles. The van der Waals surface area contributed by atoms with Crippen molar-refractivity contribution in [1.29, 1.82) is 0 Å². The molecule has 45 heavy (non-hydrogen) atoms. The summed E-state index contributed by atoms with van der Waals surface area (Å²) in [5.41, 5.74) is 4.03. The molecule has 1 aliphatic heterocycles. The highest BCUT2D eigenvalue weighted by Crippen LogP contribution is 2.47. The molecular formula is C32H27F2N7O3S. The Morgan fingerprint density at radius 1 is 1.22 bits per heavy atom. The number of hydrogen-bond donors (Lipinski definition) is 1. The van der Waals surface area contributed by atoms with E-state index in [0.717, 1.165) is 28.8 Å². The number of rotatable bonds is 7. The summed E-state index contributed by atoms with van der Waals surface area (Å²) in [5, 5.41) is 25.5. The zero-order valence-electron chi connectivity index (χ0n) is 24.3. The van der Waals surface area contributed by atoms with Crippen molar-refractivity contribution in [3.63, 3.8) is 0 Å². The van der Waals surface area contributed by atoms with Gasteiger partial charge in [-0.2, -0.15) is 5.10 Å². The highest BCUT2D eigenvalue weighted by molar-refractivity contribution is 7.18. The van der Waals surface area contributed by atoms with Crippen molar-refractivity contribution >= 4 is 33.0 Å². The van der Waals surface area contributed by atoms with E-state index in [2.05, 4.69) is 16.8 Å². The Morgan fingerprint density at radius 3 is 2.87 bits per heavy atom. The van der Waals surface area contributed by atoms with Gasteiger partial charge in [0.05, 0.1) is 35.6 Å². The van der Waals surface area contributed by atoms with Gasteiger partial charge < -0.3 is 14.7 Å². The Balaban J connectivity index is 1.51. The number of pyridine rings is 2. The third kappa shape index (κ3) is 5.03. The maximum Gasteiger partial charge on any atom is 0.246 e. The lowest BCUT2D eigenvalue weighted by Gasteiger charge is -2.31. The quantitative estimate of drug-likeness (QED) is 0.227. The van der Waals surface area contributed by atoms with Gasteiger partial charge in [-0.1, -0.05) is 6.58 Å². The molecule has 7 rings (SSSR count). The molecule has 0 fully saturated rings. The normalized spacial score (nSPS) is 15.4. The molecule has 5 aromatic heterocycles. The molecule has 10 nitrogen and oxygen atoms in total. The van der Waals surface area contributed by atoms with Gasteiger partial charge in [-0.05, 0) is 49.6 Å². The van der Waals surface area contributed by atoms with Crippen LogP contribution in [0.4, 0.5) is 8.78 Å². The summed E-state index contributed by atoms with van der Waals surface area (Å²) in [6, 6.07) is 9.24. The number of ether oxygens (including phenoxy) is 1. The molecule has 0 spiro atoms. The lowest BCUT2D eigenvalue weighted by molar-refractivity contribution is -0.127. The van der Waals surface area contributed by atoms with E-state index in [1.54, 1.807) is 15.6 Å². The van der Waals surface area contributed by atoms with Crippen molar-refractivity contribution in [3.05, 3.63) is 84.3 Å². The van der Waals surface area contributed by atoms with Gasteiger partial charge in [-0.25, -0.2) is 13.8 Å². The largest absolute Gasteiger partial charge is 0.490 e. The lowest BCUT2D eigenvalue weighted by atomic mass is 9.96. The molecule has 0 saturated carbocycles. The van der Waals surface area contributed by atoms with Crippen LogP contribution in [0.1, 0.15) is 25.6 Å². The van der Waals surface area contributed by atoms with Gasteiger partial charge in [0.1, 0.15) is 41.7 Å². The summed E-state index contributed by atoms with van der Waals surface area (Å²) in [7, 11) is 0. The Kier molecular flexibility index (Phi) is 7.13. The molecule has 1 aromatic carbocycles. The Bertz CT molecular complexity index is 2120. The van der Waals surface area contributed by atoms with Gasteiger partial charge in [-0.15, -0.1) is 21.5 Å². The summed E-state index contributed by atoms with van der Waals surface area (Å²) >= 11 is 1.39. The van der Waals surface area contributed by atoms with Gasteiger partial charge in [0.2, 0.25) is 5.91 Å². The molecule has 0 radical (unpaired) electrons. The van der Waals surface area contributed by atoms with Crippen molar-refractivity contribution in [2.45, 2.75) is 32.5 Å². The Morgan fingerprint density at radius 2 is 2.07 bits per heavy atom. The van der Waals surface area contributed by atoms with Gasteiger partial charge in [-0.3, -0.25) is 13.9 Å². The Labute approximate surface area is 259 Å². The van der Waals surface area contributed by atoms with Crippen LogP contribution in [-0.2, 0) is 11.3 Å². The number of nitrogens with zero attached hydrogens (tertiary/aromatic N) is 7. The molecule has 0 bridgehead atoms. The fourth-order valence-electron chi connectivity index (χ4n) is 5.75. The minimum absolute atomic E-state index is 0.00953. The van der Waals surface area contributed by atoms with Crippen LogP contribution < -0.4 is 4.74 Å². The number of thiophene rings is 1. The van der Waals surface area contributed by atoms with E-state index in [4.69, 9.17) is 14.8 Å². The Hall–Kier alpha value is -5.01. The van der Waals surface area contributed by atoms with Gasteiger partial charge >= 0.3 is 0 Å². The van der Waals surface area contributed by atoms with Crippen LogP contribution in [0.15, 0.2) is 67.0 Å². The van der Waals surface area contributed by atoms with E-state index in [-0.39, 0.29) is 29.9 Å². The second-order valence-corrected chi connectivity index (χ2v) is 11.9. The van der Waals surface area contributed by atoms with E-state index in [1.807, 2.05) is 47.4 Å². The van der Waals surface area contributed by atoms with Crippen molar-refractivity contribution in [1.82, 2.24) is 34.3 Å². The standard InChI is InChI=1S/C32H27F2N7O3S/c1-4-27(43)39-12-17(2)41-21(14-39)11-24(38-41)31-29(28-23(34)9-20(33)10-25(28)44-15-18(3)42)32-22(7-8-45-32)30(36-31)19-5-6-26-37-35-16-40(26)13-19/h4-11,13,16-18,42H,1,12,14-15H2,2-3H3. The maximum atomic E-state index is 16.0. The minimum atomic E-state index is -0.874. The van der Waals surface area contributed by atoms with Gasteiger partial charge in [0, 0.05) is 46.1 Å². The molecule has 1 N–H and O–H groups in total. The number of aromatic nitrogens is 6. The summed E-state index contributed by atoms with van der Waals surface area (Å²) < 4.78 is 40.7. The molecule has 6 heterocycles. The SMILES string of the molecule is C=CC(=O)N1Cc2cc(-c3nc(-c4ccc5nncn5c4)c4ccsc4c3-c3c(F)cc(F)cc3OCC(C)O)nn2C(C)C1. The fourth-order valence-corrected chi connectivity index (χ4v) is 6.70. The first kappa shape index (κ1) is 28.7. The van der Waals surface area contributed by atoms with Crippen LogP contribution in [0.2, 0.25) is 0 Å². The van der Waals surface area contributed by atoms with Gasteiger partial charge in [0.15, 0.2) is 5.65 Å². The first-order chi connectivity index (χ1) is 21.7. The van der Waals surface area contributed by atoms with E-state index in [9.17, 15) is 14.3 Å². The van der Waals surface area contributed by atoms with Crippen LogP contribution in [-0.4, -0.2) is 64.5 Å². The van der Waals surface area contributed by atoms with E-state index in [0.29, 0.717) is 46.1 Å². The molecular weight excluding hydrogens is 600 g/mol. The maximum absolute atomic E-state index is 16.0. The first-order valence-electron chi connectivity index (χ1n) is 14.2.